The highest BCUT2D eigenvalue weighted by Crippen LogP contribution is 2.25. The van der Waals surface area contributed by atoms with E-state index in [9.17, 15) is 4.79 Å². The molecule has 2 aromatic heterocycles. The monoisotopic (exact) mass is 495 g/mol. The van der Waals surface area contributed by atoms with Crippen molar-refractivity contribution < 1.29 is 9.21 Å². The number of hydrogen-bond acceptors (Lipinski definition) is 9. The summed E-state index contributed by atoms with van der Waals surface area (Å²) < 4.78 is 5.67. The molecule has 2 aromatic carbocycles. The fourth-order valence-electron chi connectivity index (χ4n) is 3.77. The molecule has 2 N–H and O–H groups in total. The number of thioether (sulfide) groups is 1. The summed E-state index contributed by atoms with van der Waals surface area (Å²) in [5, 5.41) is 9.94. The maximum absolute atomic E-state index is 12.7. The summed E-state index contributed by atoms with van der Waals surface area (Å²) >= 11 is 7.15. The predicted molar refractivity (Wildman–Crippen MR) is 131 cm³/mol. The van der Waals surface area contributed by atoms with E-state index in [0.717, 1.165) is 29.6 Å². The highest BCUT2D eigenvalue weighted by Gasteiger charge is 2.23. The third kappa shape index (κ3) is 5.14. The van der Waals surface area contributed by atoms with Gasteiger partial charge in [-0.2, -0.15) is 0 Å². The lowest BCUT2D eigenvalue weighted by Gasteiger charge is -2.34. The minimum atomic E-state index is 0.0436. The molecule has 3 heterocycles. The number of halogens is 1. The van der Waals surface area contributed by atoms with Crippen molar-refractivity contribution in [3.05, 3.63) is 59.4 Å². The van der Waals surface area contributed by atoms with Crippen LogP contribution in [0.1, 0.15) is 5.82 Å². The molecule has 34 heavy (non-hydrogen) atoms. The van der Waals surface area contributed by atoms with Crippen LogP contribution in [0, 0.1) is 0 Å². The summed E-state index contributed by atoms with van der Waals surface area (Å²) in [6.07, 6.45) is 0. The largest absolute Gasteiger partial charge is 0.411 e. The normalized spacial score (nSPS) is 14.6. The van der Waals surface area contributed by atoms with Gasteiger partial charge in [-0.25, -0.2) is 9.97 Å². The third-order valence-corrected chi connectivity index (χ3v) is 6.64. The van der Waals surface area contributed by atoms with Crippen LogP contribution in [-0.2, 0) is 11.3 Å². The molecule has 4 aromatic rings. The Kier molecular flexibility index (Phi) is 6.61. The molecule has 0 atom stereocenters. The number of nitrogens with two attached hydrogens (primary N) is 1. The number of rotatable bonds is 6. The first-order chi connectivity index (χ1) is 16.5. The lowest BCUT2D eigenvalue weighted by Crippen LogP contribution is -2.49. The van der Waals surface area contributed by atoms with Gasteiger partial charge in [0.15, 0.2) is 0 Å². The number of para-hydroxylation sites is 1. The number of aromatic nitrogens is 4. The van der Waals surface area contributed by atoms with Gasteiger partial charge in [-0.3, -0.25) is 9.69 Å². The van der Waals surface area contributed by atoms with E-state index in [0.29, 0.717) is 47.4 Å². The van der Waals surface area contributed by atoms with Gasteiger partial charge in [0.2, 0.25) is 11.8 Å². The zero-order valence-electron chi connectivity index (χ0n) is 18.2. The molecule has 0 spiro atoms. The number of amides is 1. The number of anilines is 1. The first-order valence-corrected chi connectivity index (χ1v) is 12.1. The van der Waals surface area contributed by atoms with E-state index in [1.54, 1.807) is 12.1 Å². The minimum absolute atomic E-state index is 0.0436. The Bertz CT molecular complexity index is 1310. The molecular weight excluding hydrogens is 474 g/mol. The summed E-state index contributed by atoms with van der Waals surface area (Å²) in [5.41, 5.74) is 7.72. The smallest absolute Gasteiger partial charge is 0.277 e. The molecule has 1 aliphatic heterocycles. The molecule has 5 rings (SSSR count). The standard InChI is InChI=1S/C23H22ClN7O2S/c24-16-7-5-15(6-8-16)22-28-29-23(33-22)34-14-20(32)31-11-9-30(10-12-31)13-19-26-18-4-2-1-3-17(18)21(25)27-19/h1-8H,9-14H2,(H2,25,26,27). The topological polar surface area (TPSA) is 114 Å². The zero-order valence-corrected chi connectivity index (χ0v) is 19.8. The van der Waals surface area contributed by atoms with Crippen LogP contribution in [0.5, 0.6) is 0 Å². The molecule has 0 unspecified atom stereocenters. The van der Waals surface area contributed by atoms with Crippen molar-refractivity contribution in [2.75, 3.05) is 37.7 Å². The summed E-state index contributed by atoms with van der Waals surface area (Å²) in [4.78, 5) is 25.9. The molecule has 0 bridgehead atoms. The van der Waals surface area contributed by atoms with Crippen LogP contribution in [0.3, 0.4) is 0 Å². The van der Waals surface area contributed by atoms with E-state index in [-0.39, 0.29) is 11.7 Å². The van der Waals surface area contributed by atoms with Gasteiger partial charge >= 0.3 is 0 Å². The van der Waals surface area contributed by atoms with Gasteiger partial charge in [-0.15, -0.1) is 10.2 Å². The number of nitrogens with zero attached hydrogens (tertiary/aromatic N) is 6. The van der Waals surface area contributed by atoms with Gasteiger partial charge in [-0.05, 0) is 36.4 Å². The van der Waals surface area contributed by atoms with Gasteiger partial charge in [0.05, 0.1) is 17.8 Å². The fourth-order valence-corrected chi connectivity index (χ4v) is 4.56. The number of carbonyl (C=O) groups is 1. The van der Waals surface area contributed by atoms with Crippen molar-refractivity contribution in [1.29, 1.82) is 0 Å². The lowest BCUT2D eigenvalue weighted by molar-refractivity contribution is -0.130. The Hall–Kier alpha value is -3.21. The summed E-state index contributed by atoms with van der Waals surface area (Å²) in [6.45, 7) is 3.37. The van der Waals surface area contributed by atoms with Crippen LogP contribution in [0.4, 0.5) is 5.82 Å². The predicted octanol–water partition coefficient (Wildman–Crippen LogP) is 3.35. The van der Waals surface area contributed by atoms with Gasteiger partial charge < -0.3 is 15.1 Å². The maximum Gasteiger partial charge on any atom is 0.277 e. The van der Waals surface area contributed by atoms with Crippen LogP contribution in [0.15, 0.2) is 58.2 Å². The van der Waals surface area contributed by atoms with Crippen LogP contribution >= 0.6 is 23.4 Å². The molecule has 1 fully saturated rings. The molecule has 9 nitrogen and oxygen atoms in total. The number of piperazine rings is 1. The van der Waals surface area contributed by atoms with Crippen LogP contribution in [-0.4, -0.2) is 67.8 Å². The summed E-state index contributed by atoms with van der Waals surface area (Å²) in [7, 11) is 0. The minimum Gasteiger partial charge on any atom is -0.411 e. The second kappa shape index (κ2) is 9.96. The van der Waals surface area contributed by atoms with Crippen molar-refractivity contribution in [2.45, 2.75) is 11.8 Å². The average molecular weight is 496 g/mol. The van der Waals surface area contributed by atoms with E-state index in [4.69, 9.17) is 21.8 Å². The second-order valence-corrected chi connectivity index (χ2v) is 9.23. The Morgan fingerprint density at radius 1 is 1.03 bits per heavy atom. The summed E-state index contributed by atoms with van der Waals surface area (Å²) in [6, 6.07) is 14.9. The third-order valence-electron chi connectivity index (χ3n) is 5.59. The first kappa shape index (κ1) is 22.6. The van der Waals surface area contributed by atoms with Crippen molar-refractivity contribution in [2.24, 2.45) is 0 Å². The fraction of sp³-hybridized carbons (Fsp3) is 0.261. The SMILES string of the molecule is Nc1nc(CN2CCN(C(=O)CSc3nnc(-c4ccc(Cl)cc4)o3)CC2)nc2ccccc12. The number of benzene rings is 2. The van der Waals surface area contributed by atoms with Crippen LogP contribution < -0.4 is 5.73 Å². The number of nitrogen functional groups attached to an aromatic ring is 1. The highest BCUT2D eigenvalue weighted by atomic mass is 35.5. The lowest BCUT2D eigenvalue weighted by atomic mass is 10.2. The molecule has 0 radical (unpaired) electrons. The molecular formula is C23H22ClN7O2S. The van der Waals surface area contributed by atoms with Crippen molar-refractivity contribution in [3.63, 3.8) is 0 Å². The van der Waals surface area contributed by atoms with Crippen LogP contribution in [0.25, 0.3) is 22.4 Å². The van der Waals surface area contributed by atoms with Crippen molar-refractivity contribution >= 4 is 46.0 Å². The maximum atomic E-state index is 12.7. The molecule has 0 saturated carbocycles. The number of hydrogen-bond donors (Lipinski definition) is 1. The van der Waals surface area contributed by atoms with E-state index < -0.39 is 0 Å². The van der Waals surface area contributed by atoms with E-state index in [1.165, 1.54) is 11.8 Å². The van der Waals surface area contributed by atoms with Gasteiger partial charge in [0.1, 0.15) is 11.6 Å². The number of fused-ring (bicyclic) bond motifs is 1. The second-order valence-electron chi connectivity index (χ2n) is 7.87. The molecule has 11 heteroatoms. The van der Waals surface area contributed by atoms with Crippen molar-refractivity contribution in [1.82, 2.24) is 30.0 Å². The Morgan fingerprint density at radius 2 is 1.79 bits per heavy atom. The van der Waals surface area contributed by atoms with E-state index in [1.807, 2.05) is 41.3 Å². The highest BCUT2D eigenvalue weighted by molar-refractivity contribution is 7.99. The molecule has 1 amide bonds. The van der Waals surface area contributed by atoms with E-state index >= 15 is 0 Å². The molecule has 1 saturated heterocycles. The Labute approximate surface area is 205 Å². The number of carbonyl (C=O) groups excluding carboxylic acids is 1. The van der Waals surface area contributed by atoms with Crippen LogP contribution in [0.2, 0.25) is 5.02 Å². The van der Waals surface area contributed by atoms with Crippen molar-refractivity contribution in [3.8, 4) is 11.5 Å². The van der Waals surface area contributed by atoms with Gasteiger partial charge in [0.25, 0.3) is 5.22 Å². The summed E-state index contributed by atoms with van der Waals surface area (Å²) in [5.74, 6) is 1.87. The first-order valence-electron chi connectivity index (χ1n) is 10.8. The Morgan fingerprint density at radius 3 is 2.59 bits per heavy atom. The van der Waals surface area contributed by atoms with Gasteiger partial charge in [0, 0.05) is 42.2 Å². The Balaban J connectivity index is 1.11. The molecule has 1 aliphatic rings. The zero-order chi connectivity index (χ0) is 23.5. The van der Waals surface area contributed by atoms with E-state index in [2.05, 4.69) is 25.1 Å². The molecule has 174 valence electrons. The average Bonchev–Trinajstić information content (AvgIpc) is 3.33. The quantitative estimate of drug-likeness (QED) is 0.402. The van der Waals surface area contributed by atoms with Gasteiger partial charge in [-0.1, -0.05) is 35.5 Å². The molecule has 0 aliphatic carbocycles.